The molecule has 0 aliphatic carbocycles. The van der Waals surface area contributed by atoms with Gasteiger partial charge in [0.05, 0.1) is 11.7 Å². The second-order valence-corrected chi connectivity index (χ2v) is 9.21. The molecule has 2 saturated heterocycles. The van der Waals surface area contributed by atoms with Gasteiger partial charge in [0, 0.05) is 26.2 Å². The summed E-state index contributed by atoms with van der Waals surface area (Å²) in [6.07, 6.45) is 4.11. The lowest BCUT2D eigenvalue weighted by Gasteiger charge is -2.31. The van der Waals surface area contributed by atoms with E-state index in [1.54, 1.807) is 6.92 Å². The Kier molecular flexibility index (Phi) is 6.85. The van der Waals surface area contributed by atoms with Crippen molar-refractivity contribution in [1.82, 2.24) is 14.5 Å². The monoisotopic (exact) mass is 345 g/mol. The molecule has 134 valence electrons. The third kappa shape index (κ3) is 5.43. The maximum absolute atomic E-state index is 12.4. The normalized spacial score (nSPS) is 25.4. The molecule has 0 aromatic carbocycles. The number of rotatable bonds is 7. The molecular formula is C16H31N3O3S. The van der Waals surface area contributed by atoms with E-state index in [1.165, 1.54) is 30.2 Å². The van der Waals surface area contributed by atoms with Crippen LogP contribution < -0.4 is 5.32 Å². The van der Waals surface area contributed by atoms with E-state index in [0.29, 0.717) is 25.6 Å². The second kappa shape index (κ2) is 8.44. The number of carbonyl (C=O) groups is 1. The van der Waals surface area contributed by atoms with Gasteiger partial charge in [-0.05, 0) is 51.6 Å². The van der Waals surface area contributed by atoms with Crippen LogP contribution in [0.1, 0.15) is 39.5 Å². The van der Waals surface area contributed by atoms with Crippen molar-refractivity contribution in [3.05, 3.63) is 0 Å². The lowest BCUT2D eigenvalue weighted by Crippen LogP contribution is -2.46. The van der Waals surface area contributed by atoms with Crippen molar-refractivity contribution in [3.8, 4) is 0 Å². The van der Waals surface area contributed by atoms with Gasteiger partial charge >= 0.3 is 0 Å². The summed E-state index contributed by atoms with van der Waals surface area (Å²) in [7, 11) is -3.19. The van der Waals surface area contributed by atoms with Gasteiger partial charge in [-0.25, -0.2) is 12.7 Å². The van der Waals surface area contributed by atoms with E-state index in [4.69, 9.17) is 0 Å². The molecule has 2 heterocycles. The third-order valence-corrected chi connectivity index (χ3v) is 6.75. The molecule has 2 rings (SSSR count). The van der Waals surface area contributed by atoms with Crippen LogP contribution in [0.5, 0.6) is 0 Å². The molecule has 0 aromatic heterocycles. The Morgan fingerprint density at radius 2 is 1.91 bits per heavy atom. The molecule has 0 bridgehead atoms. The highest BCUT2D eigenvalue weighted by atomic mass is 32.2. The largest absolute Gasteiger partial charge is 0.356 e. The third-order valence-electron chi connectivity index (χ3n) is 4.91. The minimum absolute atomic E-state index is 0.00859. The van der Waals surface area contributed by atoms with Crippen LogP contribution in [0.3, 0.4) is 0 Å². The Bertz CT molecular complexity index is 489. The number of nitrogens with zero attached hydrogens (tertiary/aromatic N) is 2. The van der Waals surface area contributed by atoms with Crippen LogP contribution in [0.2, 0.25) is 0 Å². The molecule has 6 nitrogen and oxygen atoms in total. The highest BCUT2D eigenvalue weighted by molar-refractivity contribution is 7.89. The summed E-state index contributed by atoms with van der Waals surface area (Å²) in [5.41, 5.74) is 0. The van der Waals surface area contributed by atoms with Crippen LogP contribution in [-0.4, -0.2) is 68.6 Å². The van der Waals surface area contributed by atoms with Gasteiger partial charge < -0.3 is 10.2 Å². The Balaban J connectivity index is 1.76. The summed E-state index contributed by atoms with van der Waals surface area (Å²) in [6, 6.07) is 0. The highest BCUT2D eigenvalue weighted by Crippen LogP contribution is 2.19. The summed E-state index contributed by atoms with van der Waals surface area (Å²) in [5, 5.41) is 3.03. The number of sulfonamides is 1. The van der Waals surface area contributed by atoms with E-state index in [-0.39, 0.29) is 17.6 Å². The van der Waals surface area contributed by atoms with E-state index < -0.39 is 10.0 Å². The van der Waals surface area contributed by atoms with Crippen LogP contribution in [0.25, 0.3) is 0 Å². The molecule has 2 atom stereocenters. The molecule has 0 aromatic rings. The zero-order valence-electron chi connectivity index (χ0n) is 14.5. The molecule has 2 fully saturated rings. The average molecular weight is 346 g/mol. The number of amides is 1. The number of nitrogens with one attached hydrogen (secondary N) is 1. The molecule has 7 heteroatoms. The first kappa shape index (κ1) is 18.7. The Labute approximate surface area is 140 Å². The fourth-order valence-electron chi connectivity index (χ4n) is 3.48. The van der Waals surface area contributed by atoms with Gasteiger partial charge in [0.25, 0.3) is 0 Å². The molecular weight excluding hydrogens is 314 g/mol. The molecule has 1 amide bonds. The molecule has 0 radical (unpaired) electrons. The number of piperidine rings is 1. The Morgan fingerprint density at radius 3 is 2.57 bits per heavy atom. The van der Waals surface area contributed by atoms with Gasteiger partial charge in [0.1, 0.15) is 0 Å². The van der Waals surface area contributed by atoms with Gasteiger partial charge in [0.2, 0.25) is 15.9 Å². The Hall–Kier alpha value is -0.660. The van der Waals surface area contributed by atoms with Gasteiger partial charge in [-0.2, -0.15) is 0 Å². The van der Waals surface area contributed by atoms with E-state index in [0.717, 1.165) is 19.4 Å². The van der Waals surface area contributed by atoms with Crippen LogP contribution in [-0.2, 0) is 14.8 Å². The molecule has 2 aliphatic heterocycles. The van der Waals surface area contributed by atoms with Gasteiger partial charge in [-0.3, -0.25) is 4.79 Å². The van der Waals surface area contributed by atoms with Crippen molar-refractivity contribution in [1.29, 1.82) is 0 Å². The summed E-state index contributed by atoms with van der Waals surface area (Å²) >= 11 is 0. The number of likely N-dealkylation sites (tertiary alicyclic amines) is 1. The highest BCUT2D eigenvalue weighted by Gasteiger charge is 2.31. The van der Waals surface area contributed by atoms with Crippen molar-refractivity contribution in [2.24, 2.45) is 11.8 Å². The molecule has 1 N–H and O–H groups in total. The maximum atomic E-state index is 12.4. The Morgan fingerprint density at radius 1 is 1.22 bits per heavy atom. The van der Waals surface area contributed by atoms with Crippen LogP contribution in [0.15, 0.2) is 0 Å². The van der Waals surface area contributed by atoms with Gasteiger partial charge in [0.15, 0.2) is 0 Å². The van der Waals surface area contributed by atoms with Crippen LogP contribution >= 0.6 is 0 Å². The van der Waals surface area contributed by atoms with E-state index in [9.17, 15) is 13.2 Å². The van der Waals surface area contributed by atoms with Crippen molar-refractivity contribution >= 4 is 15.9 Å². The zero-order chi connectivity index (χ0) is 16.9. The summed E-state index contributed by atoms with van der Waals surface area (Å²) in [4.78, 5) is 14.8. The number of hydrogen-bond donors (Lipinski definition) is 1. The quantitative estimate of drug-likeness (QED) is 0.744. The molecule has 0 unspecified atom stereocenters. The predicted molar refractivity (Wildman–Crippen MR) is 91.6 cm³/mol. The van der Waals surface area contributed by atoms with E-state index >= 15 is 0 Å². The number of carbonyl (C=O) groups excluding carboxylic acids is 1. The lowest BCUT2D eigenvalue weighted by atomic mass is 9.98. The van der Waals surface area contributed by atoms with Crippen molar-refractivity contribution in [2.45, 2.75) is 39.5 Å². The van der Waals surface area contributed by atoms with Crippen LogP contribution in [0.4, 0.5) is 0 Å². The second-order valence-electron chi connectivity index (χ2n) is 6.96. The first-order valence-corrected chi connectivity index (χ1v) is 10.5. The summed E-state index contributed by atoms with van der Waals surface area (Å²) in [6.45, 7) is 8.74. The van der Waals surface area contributed by atoms with E-state index in [2.05, 4.69) is 17.1 Å². The molecule has 0 saturated carbocycles. The summed E-state index contributed by atoms with van der Waals surface area (Å²) in [5.74, 6) is 0.336. The first-order valence-electron chi connectivity index (χ1n) is 8.90. The zero-order valence-corrected chi connectivity index (χ0v) is 15.3. The van der Waals surface area contributed by atoms with Crippen molar-refractivity contribution in [2.75, 3.05) is 45.0 Å². The predicted octanol–water partition coefficient (Wildman–Crippen LogP) is 0.896. The standard InChI is InChI=1S/C16H31N3O3S/c1-3-23(21,22)19-10-6-7-15(13-19)16(20)17-11-14(2)12-18-8-4-5-9-18/h14-15H,3-13H2,1-2H3,(H,17,20)/t14-,15+/m1/s1. The molecule has 23 heavy (non-hydrogen) atoms. The summed E-state index contributed by atoms with van der Waals surface area (Å²) < 4.78 is 25.4. The number of hydrogen-bond acceptors (Lipinski definition) is 4. The fraction of sp³-hybridized carbons (Fsp3) is 0.938. The van der Waals surface area contributed by atoms with Gasteiger partial charge in [-0.15, -0.1) is 0 Å². The first-order chi connectivity index (χ1) is 10.9. The van der Waals surface area contributed by atoms with E-state index in [1.807, 2.05) is 0 Å². The van der Waals surface area contributed by atoms with Gasteiger partial charge in [-0.1, -0.05) is 6.92 Å². The fourth-order valence-corrected chi connectivity index (χ4v) is 4.66. The lowest BCUT2D eigenvalue weighted by molar-refractivity contribution is -0.126. The van der Waals surface area contributed by atoms with Crippen molar-refractivity contribution < 1.29 is 13.2 Å². The average Bonchev–Trinajstić information content (AvgIpc) is 3.05. The van der Waals surface area contributed by atoms with Crippen LogP contribution in [0, 0.1) is 11.8 Å². The van der Waals surface area contributed by atoms with Crippen molar-refractivity contribution in [3.63, 3.8) is 0 Å². The SMILES string of the molecule is CCS(=O)(=O)N1CCC[C@H](C(=O)NC[C@@H](C)CN2CCCC2)C1. The minimum atomic E-state index is -3.19. The smallest absolute Gasteiger partial charge is 0.224 e. The molecule has 0 spiro atoms. The maximum Gasteiger partial charge on any atom is 0.224 e. The topological polar surface area (TPSA) is 69.7 Å². The molecule has 2 aliphatic rings. The minimum Gasteiger partial charge on any atom is -0.356 e.